The lowest BCUT2D eigenvalue weighted by molar-refractivity contribution is 0.364. The predicted octanol–water partition coefficient (Wildman–Crippen LogP) is 1.55. The highest BCUT2D eigenvalue weighted by atomic mass is 32.2. The van der Waals surface area contributed by atoms with Crippen molar-refractivity contribution in [2.75, 3.05) is 26.2 Å². The largest absolute Gasteiger partial charge is 0.481 e. The highest BCUT2D eigenvalue weighted by Gasteiger charge is 2.36. The fraction of sp³-hybridized carbons (Fsp3) is 0.615. The minimum absolute atomic E-state index is 0.230. The molecule has 0 bridgehead atoms. The second-order valence-electron chi connectivity index (χ2n) is 5.09. The van der Waals surface area contributed by atoms with Crippen LogP contribution < -0.4 is 9.47 Å². The minimum Gasteiger partial charge on any atom is -0.481 e. The summed E-state index contributed by atoms with van der Waals surface area (Å²) in [5.41, 5.74) is -1.06. The molecule has 1 aromatic heterocycles. The molecule has 2 unspecified atom stereocenters. The molecule has 0 fully saturated rings. The lowest BCUT2D eigenvalue weighted by Crippen LogP contribution is -2.33. The molecule has 9 heteroatoms. The molecule has 0 aliphatic heterocycles. The zero-order valence-electron chi connectivity index (χ0n) is 13.2. The number of methoxy groups -OCH3 is 2. The first-order valence-electron chi connectivity index (χ1n) is 6.36. The average molecular weight is 345 g/mol. The van der Waals surface area contributed by atoms with E-state index in [-0.39, 0.29) is 11.0 Å². The standard InChI is InChI=1S/C13H19N3O4S2/c1-9(13(2,7-14)8-22(5,17)18)21-12-15-10(19-3)6-11(16-12)20-4/h6,9H,8H2,1-5H3. The Bertz CT molecular complexity index is 650. The Morgan fingerprint density at radius 1 is 1.36 bits per heavy atom. The third kappa shape index (κ3) is 5.03. The van der Waals surface area contributed by atoms with E-state index < -0.39 is 15.3 Å². The molecule has 0 aliphatic carbocycles. The molecule has 1 heterocycles. The summed E-state index contributed by atoms with van der Waals surface area (Å²) in [5.74, 6) is 0.442. The lowest BCUT2D eigenvalue weighted by atomic mass is 9.92. The van der Waals surface area contributed by atoms with Crippen LogP contribution in [0.1, 0.15) is 13.8 Å². The predicted molar refractivity (Wildman–Crippen MR) is 83.9 cm³/mol. The summed E-state index contributed by atoms with van der Waals surface area (Å²) in [5, 5.41) is 9.40. The van der Waals surface area contributed by atoms with E-state index in [1.165, 1.54) is 32.0 Å². The Kier molecular flexibility index (Phi) is 6.02. The number of ether oxygens (including phenoxy) is 2. The van der Waals surface area contributed by atoms with E-state index in [1.807, 2.05) is 0 Å². The molecule has 1 rings (SSSR count). The zero-order chi connectivity index (χ0) is 17.0. The number of hydrogen-bond acceptors (Lipinski definition) is 8. The first-order chi connectivity index (χ1) is 10.1. The van der Waals surface area contributed by atoms with Gasteiger partial charge in [0.15, 0.2) is 5.16 Å². The number of nitrogens with zero attached hydrogens (tertiary/aromatic N) is 3. The van der Waals surface area contributed by atoms with Gasteiger partial charge in [-0.1, -0.05) is 18.7 Å². The molecule has 0 radical (unpaired) electrons. The molecule has 1 aromatic rings. The van der Waals surface area contributed by atoms with Crippen LogP contribution >= 0.6 is 11.8 Å². The van der Waals surface area contributed by atoms with E-state index in [2.05, 4.69) is 16.0 Å². The third-order valence-electron chi connectivity index (χ3n) is 3.07. The molecule has 0 amide bonds. The van der Waals surface area contributed by atoms with E-state index in [0.29, 0.717) is 16.9 Å². The molecular formula is C13H19N3O4S2. The van der Waals surface area contributed by atoms with Gasteiger partial charge in [-0.3, -0.25) is 0 Å². The highest BCUT2D eigenvalue weighted by molar-refractivity contribution is 7.99. The molecule has 0 N–H and O–H groups in total. The van der Waals surface area contributed by atoms with Crippen molar-refractivity contribution >= 4 is 21.6 Å². The second-order valence-corrected chi connectivity index (χ2v) is 8.54. The van der Waals surface area contributed by atoms with Crippen LogP contribution in [0.2, 0.25) is 0 Å². The van der Waals surface area contributed by atoms with Gasteiger partial charge in [-0.05, 0) is 6.92 Å². The van der Waals surface area contributed by atoms with Crippen LogP contribution in [0.3, 0.4) is 0 Å². The van der Waals surface area contributed by atoms with E-state index in [0.717, 1.165) is 6.26 Å². The summed E-state index contributed by atoms with van der Waals surface area (Å²) >= 11 is 1.21. The number of sulfone groups is 1. The van der Waals surface area contributed by atoms with E-state index in [4.69, 9.17) is 9.47 Å². The maximum atomic E-state index is 11.5. The van der Waals surface area contributed by atoms with Crippen LogP contribution in [-0.2, 0) is 9.84 Å². The van der Waals surface area contributed by atoms with Gasteiger partial charge in [0.2, 0.25) is 11.8 Å². The van der Waals surface area contributed by atoms with Crippen molar-refractivity contribution < 1.29 is 17.9 Å². The molecule has 22 heavy (non-hydrogen) atoms. The zero-order valence-corrected chi connectivity index (χ0v) is 14.8. The summed E-state index contributed by atoms with van der Waals surface area (Å²) in [6, 6.07) is 3.63. The van der Waals surface area contributed by atoms with Crippen LogP contribution in [0, 0.1) is 16.7 Å². The summed E-state index contributed by atoms with van der Waals surface area (Å²) < 4.78 is 33.2. The van der Waals surface area contributed by atoms with E-state index in [9.17, 15) is 13.7 Å². The summed E-state index contributed by atoms with van der Waals surface area (Å²) in [6.45, 7) is 3.39. The molecule has 0 aliphatic rings. The molecule has 2 atom stereocenters. The smallest absolute Gasteiger partial charge is 0.220 e. The molecule has 0 aromatic carbocycles. The van der Waals surface area contributed by atoms with Gasteiger partial charge in [0.1, 0.15) is 9.84 Å². The lowest BCUT2D eigenvalue weighted by Gasteiger charge is -2.26. The van der Waals surface area contributed by atoms with Gasteiger partial charge in [-0.2, -0.15) is 15.2 Å². The van der Waals surface area contributed by atoms with Gasteiger partial charge in [-0.15, -0.1) is 0 Å². The van der Waals surface area contributed by atoms with Crippen LogP contribution in [-0.4, -0.2) is 49.9 Å². The van der Waals surface area contributed by atoms with Gasteiger partial charge >= 0.3 is 0 Å². The maximum absolute atomic E-state index is 11.5. The minimum atomic E-state index is -3.28. The quantitative estimate of drug-likeness (QED) is 0.542. The van der Waals surface area contributed by atoms with Crippen molar-refractivity contribution in [1.29, 1.82) is 5.26 Å². The van der Waals surface area contributed by atoms with E-state index >= 15 is 0 Å². The molecule has 0 saturated carbocycles. The molecular weight excluding hydrogens is 326 g/mol. The van der Waals surface area contributed by atoms with Crippen LogP contribution in [0.4, 0.5) is 0 Å². The highest BCUT2D eigenvalue weighted by Crippen LogP contribution is 2.36. The monoisotopic (exact) mass is 345 g/mol. The molecule has 7 nitrogen and oxygen atoms in total. The number of hydrogen-bond donors (Lipinski definition) is 0. The summed E-state index contributed by atoms with van der Waals surface area (Å²) in [6.07, 6.45) is 1.12. The van der Waals surface area contributed by atoms with Crippen molar-refractivity contribution in [2.45, 2.75) is 24.3 Å². The SMILES string of the molecule is COc1cc(OC)nc(SC(C)C(C)(C#N)CS(C)(=O)=O)n1. The Labute approximate surface area is 135 Å². The average Bonchev–Trinajstić information content (AvgIpc) is 2.44. The number of aromatic nitrogens is 2. The third-order valence-corrected chi connectivity index (χ3v) is 5.46. The summed E-state index contributed by atoms with van der Waals surface area (Å²) in [4.78, 5) is 8.35. The normalized spacial score (nSPS) is 15.5. The van der Waals surface area contributed by atoms with Gasteiger partial charge in [-0.25, -0.2) is 8.42 Å². The number of nitriles is 1. The Hall–Kier alpha value is -1.53. The number of rotatable bonds is 7. The van der Waals surface area contributed by atoms with Crippen LogP contribution in [0.15, 0.2) is 11.2 Å². The van der Waals surface area contributed by atoms with Crippen molar-refractivity contribution in [2.24, 2.45) is 5.41 Å². The fourth-order valence-corrected chi connectivity index (χ4v) is 4.23. The van der Waals surface area contributed by atoms with Crippen LogP contribution in [0.5, 0.6) is 11.8 Å². The van der Waals surface area contributed by atoms with Gasteiger partial charge in [0.25, 0.3) is 0 Å². The Morgan fingerprint density at radius 2 is 1.86 bits per heavy atom. The van der Waals surface area contributed by atoms with Crippen molar-refractivity contribution in [3.05, 3.63) is 6.07 Å². The Morgan fingerprint density at radius 3 is 2.23 bits per heavy atom. The van der Waals surface area contributed by atoms with Crippen molar-refractivity contribution in [3.8, 4) is 17.8 Å². The molecule has 0 spiro atoms. The molecule has 122 valence electrons. The Balaban J connectivity index is 3.05. The first-order valence-corrected chi connectivity index (χ1v) is 9.30. The van der Waals surface area contributed by atoms with Gasteiger partial charge < -0.3 is 9.47 Å². The maximum Gasteiger partial charge on any atom is 0.220 e. The molecule has 0 saturated heterocycles. The number of thioether (sulfide) groups is 1. The van der Waals surface area contributed by atoms with Crippen LogP contribution in [0.25, 0.3) is 0 Å². The second kappa shape index (κ2) is 7.15. The summed E-state index contributed by atoms with van der Waals surface area (Å²) in [7, 11) is -0.333. The van der Waals surface area contributed by atoms with Crippen molar-refractivity contribution in [1.82, 2.24) is 9.97 Å². The topological polar surface area (TPSA) is 102 Å². The first kappa shape index (κ1) is 18.5. The van der Waals surface area contributed by atoms with Gasteiger partial charge in [0.05, 0.1) is 37.5 Å². The van der Waals surface area contributed by atoms with Gasteiger partial charge in [0, 0.05) is 11.5 Å². The van der Waals surface area contributed by atoms with Crippen molar-refractivity contribution in [3.63, 3.8) is 0 Å². The van der Waals surface area contributed by atoms with E-state index in [1.54, 1.807) is 13.8 Å². The fourth-order valence-electron chi connectivity index (χ4n) is 1.72.